The number of esters is 1. The monoisotopic (exact) mass is 493 g/mol. The molecule has 1 saturated carbocycles. The summed E-state index contributed by atoms with van der Waals surface area (Å²) in [5.74, 6) is -0.758. The number of rotatable bonds is 8. The number of carbonyl (C=O) groups excluding carboxylic acids is 3. The maximum absolute atomic E-state index is 13.2. The average molecular weight is 494 g/mol. The number of carbonyl (C=O) groups is 3. The quantitative estimate of drug-likeness (QED) is 0.334. The van der Waals surface area contributed by atoms with Crippen molar-refractivity contribution in [1.82, 2.24) is 15.5 Å². The van der Waals surface area contributed by atoms with Crippen LogP contribution in [0.5, 0.6) is 0 Å². The Hall–Kier alpha value is -3.26. The van der Waals surface area contributed by atoms with Crippen LogP contribution in [-0.2, 0) is 27.3 Å². The Morgan fingerprint density at radius 2 is 1.83 bits per heavy atom. The highest BCUT2D eigenvalue weighted by molar-refractivity contribution is 7.80. The number of thiocarbonyl (C=S) groups is 1. The smallest absolute Gasteiger partial charge is 0.308 e. The van der Waals surface area contributed by atoms with Gasteiger partial charge < -0.3 is 15.4 Å². The van der Waals surface area contributed by atoms with Gasteiger partial charge in [0.15, 0.2) is 5.11 Å². The van der Waals surface area contributed by atoms with Crippen molar-refractivity contribution in [2.24, 2.45) is 11.8 Å². The molecular weight excluding hydrogens is 462 g/mol. The van der Waals surface area contributed by atoms with Crippen LogP contribution in [0.2, 0.25) is 0 Å². The van der Waals surface area contributed by atoms with E-state index in [4.69, 9.17) is 17.0 Å². The molecule has 184 valence electrons. The number of benzene rings is 2. The number of hydrogen-bond donors (Lipinski definition) is 2. The number of nitrogens with one attached hydrogen (secondary N) is 2. The maximum Gasteiger partial charge on any atom is 0.308 e. The molecule has 4 rings (SSSR count). The van der Waals surface area contributed by atoms with E-state index in [-0.39, 0.29) is 35.7 Å². The summed E-state index contributed by atoms with van der Waals surface area (Å²) in [6.07, 6.45) is 3.60. The summed E-state index contributed by atoms with van der Waals surface area (Å²) in [6, 6.07) is 17.3. The molecule has 2 N–H and O–H groups in total. The number of methoxy groups -OCH3 is 1. The van der Waals surface area contributed by atoms with Crippen LogP contribution in [0, 0.1) is 11.8 Å². The van der Waals surface area contributed by atoms with E-state index in [0.29, 0.717) is 43.0 Å². The molecule has 2 aromatic carbocycles. The summed E-state index contributed by atoms with van der Waals surface area (Å²) in [4.78, 5) is 39.1. The molecule has 1 saturated heterocycles. The summed E-state index contributed by atoms with van der Waals surface area (Å²) < 4.78 is 4.87. The second-order valence-electron chi connectivity index (χ2n) is 9.16. The van der Waals surface area contributed by atoms with Crippen LogP contribution in [0.15, 0.2) is 54.6 Å². The van der Waals surface area contributed by atoms with E-state index in [9.17, 15) is 14.4 Å². The number of fused-ring (bicyclic) bond motifs is 1. The largest absolute Gasteiger partial charge is 0.469 e. The lowest BCUT2D eigenvalue weighted by molar-refractivity contribution is -0.149. The molecule has 1 heterocycles. The van der Waals surface area contributed by atoms with Gasteiger partial charge in [0.05, 0.1) is 25.5 Å². The number of nitrogens with zero attached hydrogens (tertiary/aromatic N) is 1. The Kier molecular flexibility index (Phi) is 8.13. The second-order valence-corrected chi connectivity index (χ2v) is 9.55. The minimum absolute atomic E-state index is 0.0118. The van der Waals surface area contributed by atoms with Gasteiger partial charge in [-0.25, -0.2) is 0 Å². The van der Waals surface area contributed by atoms with E-state index >= 15 is 0 Å². The molecule has 7 nitrogen and oxygen atoms in total. The van der Waals surface area contributed by atoms with Crippen molar-refractivity contribution in [3.63, 3.8) is 0 Å². The van der Waals surface area contributed by atoms with Gasteiger partial charge in [-0.15, -0.1) is 0 Å². The SMILES string of the molecule is COC(=O)C1CCC2C(=O)N(Cc3ccc(C(=O)NCCCc4ccccc4)cc3)C(=S)NC2C1. The second kappa shape index (κ2) is 11.4. The van der Waals surface area contributed by atoms with E-state index in [1.807, 2.05) is 30.3 Å². The van der Waals surface area contributed by atoms with Crippen LogP contribution in [0.4, 0.5) is 0 Å². The minimum Gasteiger partial charge on any atom is -0.469 e. The van der Waals surface area contributed by atoms with Crippen LogP contribution < -0.4 is 10.6 Å². The van der Waals surface area contributed by atoms with Crippen LogP contribution in [0.1, 0.15) is 47.2 Å². The zero-order chi connectivity index (χ0) is 24.8. The highest BCUT2D eigenvalue weighted by Crippen LogP contribution is 2.34. The molecule has 0 aromatic heterocycles. The van der Waals surface area contributed by atoms with Gasteiger partial charge in [0, 0.05) is 18.2 Å². The van der Waals surface area contributed by atoms with Gasteiger partial charge in [0.25, 0.3) is 5.91 Å². The molecule has 3 unspecified atom stereocenters. The summed E-state index contributed by atoms with van der Waals surface area (Å²) >= 11 is 5.48. The molecule has 1 aliphatic heterocycles. The third kappa shape index (κ3) is 6.06. The fraction of sp³-hybridized carbons (Fsp3) is 0.407. The Labute approximate surface area is 211 Å². The van der Waals surface area contributed by atoms with Gasteiger partial charge in [-0.3, -0.25) is 19.3 Å². The fourth-order valence-corrected chi connectivity index (χ4v) is 5.18. The first-order valence-corrected chi connectivity index (χ1v) is 12.5. The van der Waals surface area contributed by atoms with Crippen LogP contribution in [-0.4, -0.2) is 47.5 Å². The standard InChI is InChI=1S/C27H31N3O4S/c1-34-26(33)21-13-14-22-23(16-21)29-27(35)30(25(22)32)17-19-9-11-20(12-10-19)24(31)28-15-5-8-18-6-3-2-4-7-18/h2-4,6-7,9-12,21-23H,5,8,13-17H2,1H3,(H,28,31)(H,29,35). The van der Waals surface area contributed by atoms with Crippen molar-refractivity contribution in [3.05, 3.63) is 71.3 Å². The number of aryl methyl sites for hydroxylation is 1. The van der Waals surface area contributed by atoms with Crippen molar-refractivity contribution in [1.29, 1.82) is 0 Å². The van der Waals surface area contributed by atoms with E-state index in [0.717, 1.165) is 18.4 Å². The number of hydrogen-bond acceptors (Lipinski definition) is 5. The van der Waals surface area contributed by atoms with Gasteiger partial charge in [0.2, 0.25) is 5.91 Å². The van der Waals surface area contributed by atoms with E-state index in [2.05, 4.69) is 22.8 Å². The Morgan fingerprint density at radius 1 is 1.09 bits per heavy atom. The zero-order valence-corrected chi connectivity index (χ0v) is 20.7. The molecule has 3 atom stereocenters. The van der Waals surface area contributed by atoms with Crippen molar-refractivity contribution >= 4 is 35.1 Å². The lowest BCUT2D eigenvalue weighted by Crippen LogP contribution is -2.61. The zero-order valence-electron chi connectivity index (χ0n) is 19.9. The van der Waals surface area contributed by atoms with E-state index in [1.165, 1.54) is 12.7 Å². The van der Waals surface area contributed by atoms with Gasteiger partial charge in [-0.1, -0.05) is 42.5 Å². The van der Waals surface area contributed by atoms with Gasteiger partial charge in [0.1, 0.15) is 0 Å². The van der Waals surface area contributed by atoms with Crippen LogP contribution in [0.25, 0.3) is 0 Å². The van der Waals surface area contributed by atoms with Crippen molar-refractivity contribution < 1.29 is 19.1 Å². The molecule has 0 spiro atoms. The highest BCUT2D eigenvalue weighted by Gasteiger charge is 2.44. The summed E-state index contributed by atoms with van der Waals surface area (Å²) in [6.45, 7) is 0.949. The van der Waals surface area contributed by atoms with Crippen LogP contribution in [0.3, 0.4) is 0 Å². The number of ether oxygens (including phenoxy) is 1. The topological polar surface area (TPSA) is 87.7 Å². The number of amides is 2. The first-order chi connectivity index (χ1) is 17.0. The normalized spacial score (nSPS) is 21.6. The third-order valence-corrected chi connectivity index (χ3v) is 7.19. The Morgan fingerprint density at radius 3 is 2.54 bits per heavy atom. The molecule has 0 radical (unpaired) electrons. The molecule has 2 aliphatic rings. The Balaban J connectivity index is 1.28. The molecule has 2 fully saturated rings. The van der Waals surface area contributed by atoms with Crippen molar-refractivity contribution in [2.45, 2.75) is 44.7 Å². The lowest BCUT2D eigenvalue weighted by Gasteiger charge is -2.43. The van der Waals surface area contributed by atoms with Gasteiger partial charge >= 0.3 is 5.97 Å². The first-order valence-electron chi connectivity index (χ1n) is 12.1. The predicted molar refractivity (Wildman–Crippen MR) is 136 cm³/mol. The maximum atomic E-state index is 13.2. The van der Waals surface area contributed by atoms with Crippen LogP contribution >= 0.6 is 12.2 Å². The van der Waals surface area contributed by atoms with Crippen molar-refractivity contribution in [2.75, 3.05) is 13.7 Å². The third-order valence-electron chi connectivity index (χ3n) is 6.85. The van der Waals surface area contributed by atoms with Gasteiger partial charge in [-0.2, -0.15) is 0 Å². The van der Waals surface area contributed by atoms with E-state index in [1.54, 1.807) is 17.0 Å². The molecule has 2 amide bonds. The first kappa shape index (κ1) is 24.9. The predicted octanol–water partition coefficient (Wildman–Crippen LogP) is 3.22. The summed E-state index contributed by atoms with van der Waals surface area (Å²) in [5, 5.41) is 6.60. The summed E-state index contributed by atoms with van der Waals surface area (Å²) in [7, 11) is 1.39. The summed E-state index contributed by atoms with van der Waals surface area (Å²) in [5.41, 5.74) is 2.73. The molecule has 1 aliphatic carbocycles. The van der Waals surface area contributed by atoms with E-state index < -0.39 is 0 Å². The Bertz CT molecular complexity index is 1070. The molecule has 2 aromatic rings. The molecular formula is C27H31N3O4S. The highest BCUT2D eigenvalue weighted by atomic mass is 32.1. The molecule has 0 bridgehead atoms. The lowest BCUT2D eigenvalue weighted by atomic mass is 9.76. The average Bonchev–Trinajstić information content (AvgIpc) is 2.89. The molecule has 35 heavy (non-hydrogen) atoms. The minimum atomic E-state index is -0.230. The van der Waals surface area contributed by atoms with Crippen molar-refractivity contribution in [3.8, 4) is 0 Å². The van der Waals surface area contributed by atoms with Gasteiger partial charge in [-0.05, 0) is 67.6 Å². The molecule has 8 heteroatoms. The fourth-order valence-electron chi connectivity index (χ4n) is 4.88.